The van der Waals surface area contributed by atoms with Gasteiger partial charge < -0.3 is 0 Å². The Kier molecular flexibility index (Phi) is 4.03. The second-order valence-corrected chi connectivity index (χ2v) is 5.81. The Hall–Kier alpha value is -0.630. The fourth-order valence-corrected chi connectivity index (χ4v) is 3.44. The second kappa shape index (κ2) is 5.34. The monoisotopic (exact) mass is 235 g/mol. The van der Waals surface area contributed by atoms with Crippen LogP contribution >= 0.6 is 0 Å². The molecule has 0 atom stereocenters. The maximum Gasteiger partial charge on any atom is 0.153 e. The van der Waals surface area contributed by atoms with Crippen LogP contribution in [0.3, 0.4) is 0 Å². The van der Waals surface area contributed by atoms with E-state index in [9.17, 15) is 4.79 Å². The van der Waals surface area contributed by atoms with Crippen molar-refractivity contribution in [1.82, 2.24) is 4.90 Å². The van der Waals surface area contributed by atoms with Gasteiger partial charge in [-0.15, -0.1) is 6.58 Å². The summed E-state index contributed by atoms with van der Waals surface area (Å²) in [7, 11) is 0. The van der Waals surface area contributed by atoms with Gasteiger partial charge in [-0.3, -0.25) is 9.69 Å². The minimum Gasteiger partial charge on any atom is -0.298 e. The van der Waals surface area contributed by atoms with Crippen LogP contribution < -0.4 is 0 Å². The Bertz CT molecular complexity index is 296. The molecule has 0 N–H and O–H groups in total. The summed E-state index contributed by atoms with van der Waals surface area (Å²) >= 11 is 0. The van der Waals surface area contributed by atoms with Crippen LogP contribution in [0.4, 0.5) is 0 Å². The summed E-state index contributed by atoms with van der Waals surface area (Å²) in [6.07, 6.45) is 8.78. The Morgan fingerprint density at radius 2 is 1.71 bits per heavy atom. The number of carbonyl (C=O) groups is 1. The van der Waals surface area contributed by atoms with E-state index in [1.54, 1.807) is 0 Å². The molecule has 1 saturated heterocycles. The maximum atomic E-state index is 12.6. The van der Waals surface area contributed by atoms with Gasteiger partial charge in [0.15, 0.2) is 5.78 Å². The first-order valence-corrected chi connectivity index (χ1v) is 7.08. The van der Waals surface area contributed by atoms with Crippen LogP contribution in [0.1, 0.15) is 58.3 Å². The Labute approximate surface area is 105 Å². The van der Waals surface area contributed by atoms with Gasteiger partial charge in [0.05, 0.1) is 5.54 Å². The van der Waals surface area contributed by atoms with Gasteiger partial charge in [-0.05, 0) is 52.1 Å². The van der Waals surface area contributed by atoms with Crippen molar-refractivity contribution < 1.29 is 4.79 Å². The first-order chi connectivity index (χ1) is 8.15. The van der Waals surface area contributed by atoms with E-state index in [2.05, 4.69) is 11.5 Å². The highest BCUT2D eigenvalue weighted by Crippen LogP contribution is 2.39. The van der Waals surface area contributed by atoms with Crippen LogP contribution in [-0.4, -0.2) is 29.3 Å². The molecule has 96 valence electrons. The Morgan fingerprint density at radius 3 is 2.24 bits per heavy atom. The summed E-state index contributed by atoms with van der Waals surface area (Å²) in [4.78, 5) is 15.1. The first-order valence-electron chi connectivity index (χ1n) is 7.08. The lowest BCUT2D eigenvalue weighted by molar-refractivity contribution is -0.130. The van der Waals surface area contributed by atoms with Crippen molar-refractivity contribution in [2.75, 3.05) is 13.1 Å². The number of rotatable bonds is 5. The first kappa shape index (κ1) is 12.8. The van der Waals surface area contributed by atoms with Gasteiger partial charge in [-0.1, -0.05) is 18.4 Å². The van der Waals surface area contributed by atoms with Crippen molar-refractivity contribution in [2.24, 2.45) is 0 Å². The van der Waals surface area contributed by atoms with Crippen molar-refractivity contribution in [3.63, 3.8) is 0 Å². The van der Waals surface area contributed by atoms with Gasteiger partial charge in [-0.2, -0.15) is 0 Å². The number of hydrogen-bond donors (Lipinski definition) is 0. The summed E-state index contributed by atoms with van der Waals surface area (Å²) in [5, 5.41) is 0. The highest BCUT2D eigenvalue weighted by molar-refractivity contribution is 5.89. The zero-order chi connectivity index (χ0) is 12.3. The molecule has 2 fully saturated rings. The van der Waals surface area contributed by atoms with Crippen LogP contribution in [0.25, 0.3) is 0 Å². The molecule has 2 aliphatic rings. The second-order valence-electron chi connectivity index (χ2n) is 5.81. The molecule has 0 bridgehead atoms. The molecular formula is C15H25NO. The van der Waals surface area contributed by atoms with Crippen molar-refractivity contribution in [1.29, 1.82) is 0 Å². The summed E-state index contributed by atoms with van der Waals surface area (Å²) in [5.74, 6) is 0.486. The molecule has 1 heterocycles. The Morgan fingerprint density at radius 1 is 1.12 bits per heavy atom. The molecule has 1 aliphatic carbocycles. The van der Waals surface area contributed by atoms with E-state index in [0.717, 1.165) is 37.9 Å². The number of hydrogen-bond acceptors (Lipinski definition) is 2. The smallest absolute Gasteiger partial charge is 0.153 e. The molecule has 0 spiro atoms. The average Bonchev–Trinajstić information content (AvgIpc) is 2.95. The molecule has 1 saturated carbocycles. The van der Waals surface area contributed by atoms with Gasteiger partial charge in [0, 0.05) is 6.42 Å². The molecule has 17 heavy (non-hydrogen) atoms. The Balaban J connectivity index is 2.04. The van der Waals surface area contributed by atoms with Crippen LogP contribution in [0.2, 0.25) is 0 Å². The number of likely N-dealkylation sites (tertiary alicyclic amines) is 1. The number of ketones is 1. The quantitative estimate of drug-likeness (QED) is 0.681. The maximum absolute atomic E-state index is 12.6. The zero-order valence-corrected chi connectivity index (χ0v) is 11.1. The van der Waals surface area contributed by atoms with E-state index in [4.69, 9.17) is 0 Å². The zero-order valence-electron chi connectivity index (χ0n) is 11.1. The van der Waals surface area contributed by atoms with Crippen molar-refractivity contribution >= 4 is 5.78 Å². The van der Waals surface area contributed by atoms with E-state index in [0.29, 0.717) is 12.2 Å². The third-order valence-electron chi connectivity index (χ3n) is 4.44. The summed E-state index contributed by atoms with van der Waals surface area (Å²) < 4.78 is 0. The predicted molar refractivity (Wildman–Crippen MR) is 71.1 cm³/mol. The molecule has 0 unspecified atom stereocenters. The van der Waals surface area contributed by atoms with E-state index >= 15 is 0 Å². The normalized spacial score (nSPS) is 24.1. The lowest BCUT2D eigenvalue weighted by atomic mass is 9.87. The van der Waals surface area contributed by atoms with Gasteiger partial charge in [0.2, 0.25) is 0 Å². The highest BCUT2D eigenvalue weighted by Gasteiger charge is 2.45. The lowest BCUT2D eigenvalue weighted by Crippen LogP contribution is -2.51. The van der Waals surface area contributed by atoms with E-state index < -0.39 is 0 Å². The number of Topliss-reactive ketones (excluding diaryl/α,β-unsaturated/α-hetero) is 1. The molecule has 0 amide bonds. The molecular weight excluding hydrogens is 210 g/mol. The number of nitrogens with zero attached hydrogens (tertiary/aromatic N) is 1. The molecule has 2 nitrogen and oxygen atoms in total. The van der Waals surface area contributed by atoms with Crippen LogP contribution in [0.15, 0.2) is 12.2 Å². The predicted octanol–water partition coefficient (Wildman–Crippen LogP) is 3.32. The van der Waals surface area contributed by atoms with Crippen molar-refractivity contribution in [2.45, 2.75) is 63.8 Å². The standard InChI is InChI=1S/C15H25NO/c1-13(2)7-8-14(17)15(9-3-4-10-15)16-11-5-6-12-16/h1,3-12H2,2H3. The number of allylic oxidation sites excluding steroid dienone is 1. The third kappa shape index (κ3) is 2.62. The largest absolute Gasteiger partial charge is 0.298 e. The van der Waals surface area contributed by atoms with Crippen LogP contribution in [-0.2, 0) is 4.79 Å². The van der Waals surface area contributed by atoms with Gasteiger partial charge in [0.1, 0.15) is 0 Å². The average molecular weight is 235 g/mol. The third-order valence-corrected chi connectivity index (χ3v) is 4.44. The summed E-state index contributed by atoms with van der Waals surface area (Å²) in [6, 6.07) is 0. The molecule has 0 aromatic carbocycles. The van der Waals surface area contributed by atoms with Crippen molar-refractivity contribution in [3.05, 3.63) is 12.2 Å². The fraction of sp³-hybridized carbons (Fsp3) is 0.800. The highest BCUT2D eigenvalue weighted by atomic mass is 16.1. The minimum atomic E-state index is -0.0774. The van der Waals surface area contributed by atoms with E-state index in [1.807, 2.05) is 6.92 Å². The van der Waals surface area contributed by atoms with Crippen LogP contribution in [0.5, 0.6) is 0 Å². The fourth-order valence-electron chi connectivity index (χ4n) is 3.44. The molecule has 0 aromatic rings. The molecule has 2 heteroatoms. The van der Waals surface area contributed by atoms with Crippen LogP contribution in [0, 0.1) is 0 Å². The number of carbonyl (C=O) groups excluding carboxylic acids is 1. The van der Waals surface area contributed by atoms with Gasteiger partial charge >= 0.3 is 0 Å². The molecule has 2 rings (SSSR count). The van der Waals surface area contributed by atoms with E-state index in [1.165, 1.54) is 25.7 Å². The lowest BCUT2D eigenvalue weighted by Gasteiger charge is -2.37. The van der Waals surface area contributed by atoms with E-state index in [-0.39, 0.29) is 5.54 Å². The van der Waals surface area contributed by atoms with Gasteiger partial charge in [0.25, 0.3) is 0 Å². The minimum absolute atomic E-state index is 0.0774. The van der Waals surface area contributed by atoms with Crippen molar-refractivity contribution in [3.8, 4) is 0 Å². The molecule has 0 radical (unpaired) electrons. The molecule has 0 aromatic heterocycles. The topological polar surface area (TPSA) is 20.3 Å². The SMILES string of the molecule is C=C(C)CCC(=O)C1(N2CCCC2)CCCC1. The molecule has 1 aliphatic heterocycles. The summed E-state index contributed by atoms with van der Waals surface area (Å²) in [5.41, 5.74) is 1.05. The summed E-state index contributed by atoms with van der Waals surface area (Å²) in [6.45, 7) is 8.20. The van der Waals surface area contributed by atoms with Gasteiger partial charge in [-0.25, -0.2) is 0 Å².